The highest BCUT2D eigenvalue weighted by Gasteiger charge is 2.17. The molecule has 5 aromatic rings. The van der Waals surface area contributed by atoms with Gasteiger partial charge in [-0.2, -0.15) is 5.10 Å². The van der Waals surface area contributed by atoms with E-state index in [1.165, 1.54) is 28.8 Å². The minimum absolute atomic E-state index is 0.0692. The molecule has 0 saturated heterocycles. The third-order valence-electron chi connectivity index (χ3n) is 5.71. The maximum atomic E-state index is 13.6. The Morgan fingerprint density at radius 3 is 2.68 bits per heavy atom. The largest absolute Gasteiger partial charge is 0.394 e. The van der Waals surface area contributed by atoms with Gasteiger partial charge in [-0.05, 0) is 54.4 Å². The Hall–Kier alpha value is -3.88. The number of hydrogen-bond donors (Lipinski definition) is 2. The van der Waals surface area contributed by atoms with E-state index in [9.17, 15) is 14.3 Å². The maximum absolute atomic E-state index is 13.6. The van der Waals surface area contributed by atoms with Crippen molar-refractivity contribution in [3.05, 3.63) is 99.6 Å². The first-order valence-corrected chi connectivity index (χ1v) is 10.9. The summed E-state index contributed by atoms with van der Waals surface area (Å²) in [5.74, 6) is -0.562. The van der Waals surface area contributed by atoms with Crippen molar-refractivity contribution in [1.29, 1.82) is 0 Å². The number of rotatable bonds is 5. The summed E-state index contributed by atoms with van der Waals surface area (Å²) in [6.45, 7) is 1.56. The van der Waals surface area contributed by atoms with Crippen LogP contribution in [-0.4, -0.2) is 36.4 Å². The third-order valence-corrected chi connectivity index (χ3v) is 5.99. The predicted molar refractivity (Wildman–Crippen MR) is 128 cm³/mol. The van der Waals surface area contributed by atoms with E-state index in [1.807, 2.05) is 25.1 Å². The fourth-order valence-corrected chi connectivity index (χ4v) is 4.16. The van der Waals surface area contributed by atoms with Crippen LogP contribution in [0.1, 0.15) is 17.3 Å². The van der Waals surface area contributed by atoms with Gasteiger partial charge in [0.25, 0.3) is 5.56 Å². The molecular formula is C25H19ClFN5O2. The third kappa shape index (κ3) is 3.98. The Labute approximate surface area is 198 Å². The number of pyridine rings is 3. The van der Waals surface area contributed by atoms with E-state index in [2.05, 4.69) is 20.2 Å². The molecule has 1 atom stereocenters. The number of benzene rings is 1. The molecule has 2 N–H and O–H groups in total. The van der Waals surface area contributed by atoms with E-state index in [1.54, 1.807) is 24.7 Å². The monoisotopic (exact) mass is 475 g/mol. The van der Waals surface area contributed by atoms with Crippen LogP contribution in [0.3, 0.4) is 0 Å². The average Bonchev–Trinajstić information content (AvgIpc) is 3.26. The molecule has 0 spiro atoms. The Balaban J connectivity index is 1.54. The van der Waals surface area contributed by atoms with E-state index in [4.69, 9.17) is 11.6 Å². The van der Waals surface area contributed by atoms with Gasteiger partial charge in [0.1, 0.15) is 11.5 Å². The van der Waals surface area contributed by atoms with Crippen molar-refractivity contribution < 1.29 is 9.50 Å². The van der Waals surface area contributed by atoms with Crippen LogP contribution < -0.4 is 5.56 Å². The van der Waals surface area contributed by atoms with Gasteiger partial charge in [-0.3, -0.25) is 14.9 Å². The molecule has 0 aliphatic rings. The summed E-state index contributed by atoms with van der Waals surface area (Å²) in [7, 11) is 0. The van der Waals surface area contributed by atoms with Crippen LogP contribution in [0.25, 0.3) is 33.4 Å². The summed E-state index contributed by atoms with van der Waals surface area (Å²) in [6.07, 6.45) is 5.00. The summed E-state index contributed by atoms with van der Waals surface area (Å²) in [4.78, 5) is 21.7. The number of aromatic nitrogens is 5. The van der Waals surface area contributed by atoms with Gasteiger partial charge in [0, 0.05) is 46.9 Å². The zero-order valence-electron chi connectivity index (χ0n) is 18.0. The van der Waals surface area contributed by atoms with Crippen molar-refractivity contribution in [1.82, 2.24) is 24.7 Å². The normalized spacial score (nSPS) is 12.2. The van der Waals surface area contributed by atoms with Crippen molar-refractivity contribution in [2.24, 2.45) is 0 Å². The number of aromatic amines is 1. The molecule has 0 aliphatic heterocycles. The number of nitrogens with one attached hydrogen (secondary N) is 1. The highest BCUT2D eigenvalue weighted by atomic mass is 35.5. The first-order chi connectivity index (χ1) is 16.4. The molecule has 170 valence electrons. The number of nitrogens with zero attached hydrogens (tertiary/aromatic N) is 4. The van der Waals surface area contributed by atoms with Crippen molar-refractivity contribution in [2.45, 2.75) is 13.0 Å². The lowest BCUT2D eigenvalue weighted by Crippen LogP contribution is -2.26. The van der Waals surface area contributed by atoms with Gasteiger partial charge in [0.15, 0.2) is 5.65 Å². The lowest BCUT2D eigenvalue weighted by Gasteiger charge is -2.19. The van der Waals surface area contributed by atoms with E-state index in [0.717, 1.165) is 27.9 Å². The fraction of sp³-hybridized carbons (Fsp3) is 0.120. The van der Waals surface area contributed by atoms with Crippen molar-refractivity contribution in [3.8, 4) is 22.4 Å². The topological polar surface area (TPSA) is 96.7 Å². The lowest BCUT2D eigenvalue weighted by molar-refractivity contribution is 0.247. The van der Waals surface area contributed by atoms with Crippen LogP contribution in [0.2, 0.25) is 5.02 Å². The Bertz CT molecular complexity index is 1580. The fourth-order valence-electron chi connectivity index (χ4n) is 3.97. The minimum Gasteiger partial charge on any atom is -0.394 e. The molecule has 9 heteroatoms. The molecular weight excluding hydrogens is 457 g/mol. The highest BCUT2D eigenvalue weighted by molar-refractivity contribution is 6.30. The van der Waals surface area contributed by atoms with Crippen LogP contribution in [0, 0.1) is 12.7 Å². The van der Waals surface area contributed by atoms with Gasteiger partial charge >= 0.3 is 0 Å². The van der Waals surface area contributed by atoms with Gasteiger partial charge < -0.3 is 9.67 Å². The molecule has 0 saturated carbocycles. The van der Waals surface area contributed by atoms with Crippen molar-refractivity contribution >= 4 is 22.6 Å². The molecule has 1 unspecified atom stereocenters. The summed E-state index contributed by atoms with van der Waals surface area (Å²) in [5, 5.41) is 18.0. The first-order valence-electron chi connectivity index (χ1n) is 10.5. The summed E-state index contributed by atoms with van der Waals surface area (Å²) in [5.41, 5.74) is 4.79. The van der Waals surface area contributed by atoms with Gasteiger partial charge in [-0.25, -0.2) is 9.37 Å². The highest BCUT2D eigenvalue weighted by Crippen LogP contribution is 2.29. The Morgan fingerprint density at radius 2 is 1.94 bits per heavy atom. The second-order valence-electron chi connectivity index (χ2n) is 7.91. The molecule has 4 heterocycles. The molecule has 0 radical (unpaired) electrons. The summed E-state index contributed by atoms with van der Waals surface area (Å²) >= 11 is 5.89. The molecule has 5 rings (SSSR count). The van der Waals surface area contributed by atoms with Crippen molar-refractivity contribution in [3.63, 3.8) is 0 Å². The van der Waals surface area contributed by atoms with Crippen LogP contribution in [0.4, 0.5) is 4.39 Å². The van der Waals surface area contributed by atoms with Crippen LogP contribution >= 0.6 is 11.6 Å². The SMILES string of the molecule is Cc1cc(-c2n[nH]c3ncc(-c4ccn(C(CO)c5ccc(F)c(Cl)c5)c(=O)c4)cc23)ccn1. The molecule has 0 aliphatic carbocycles. The number of halogens is 2. The predicted octanol–water partition coefficient (Wildman–Crippen LogP) is 4.53. The molecule has 34 heavy (non-hydrogen) atoms. The average molecular weight is 476 g/mol. The van der Waals surface area contributed by atoms with E-state index in [-0.39, 0.29) is 17.2 Å². The molecule has 7 nitrogen and oxygen atoms in total. The van der Waals surface area contributed by atoms with Crippen LogP contribution in [-0.2, 0) is 0 Å². The first kappa shape index (κ1) is 21.9. The molecule has 0 fully saturated rings. The van der Waals surface area contributed by atoms with Crippen molar-refractivity contribution in [2.75, 3.05) is 6.61 Å². The number of aliphatic hydroxyl groups is 1. The summed E-state index contributed by atoms with van der Waals surface area (Å²) in [6, 6.07) is 12.4. The van der Waals surface area contributed by atoms with Gasteiger partial charge in [0.05, 0.1) is 17.7 Å². The summed E-state index contributed by atoms with van der Waals surface area (Å²) < 4.78 is 14.9. The standard InChI is InChI=1S/C25H19ClFN5O2/c1-14-8-17(4-6-28-14)24-19-9-18(12-29-25(19)31-30-24)15-5-7-32(23(34)11-15)22(13-33)16-2-3-21(27)20(26)10-16/h2-12,22,33H,13H2,1H3,(H,29,30,31). The number of aliphatic hydroxyl groups excluding tert-OH is 1. The smallest absolute Gasteiger partial charge is 0.251 e. The van der Waals surface area contributed by atoms with Crippen LogP contribution in [0.5, 0.6) is 0 Å². The Kier molecular flexibility index (Phi) is 5.69. The lowest BCUT2D eigenvalue weighted by atomic mass is 10.0. The zero-order valence-corrected chi connectivity index (χ0v) is 18.8. The van der Waals surface area contributed by atoms with Gasteiger partial charge in [-0.1, -0.05) is 17.7 Å². The Morgan fingerprint density at radius 1 is 1.09 bits per heavy atom. The molecule has 0 amide bonds. The maximum Gasteiger partial charge on any atom is 0.251 e. The quantitative estimate of drug-likeness (QED) is 0.389. The number of hydrogen-bond acceptors (Lipinski definition) is 5. The van der Waals surface area contributed by atoms with E-state index >= 15 is 0 Å². The van der Waals surface area contributed by atoms with Gasteiger partial charge in [-0.15, -0.1) is 0 Å². The number of aryl methyl sites for hydroxylation is 1. The number of fused-ring (bicyclic) bond motifs is 1. The number of H-pyrrole nitrogens is 1. The minimum atomic E-state index is -0.698. The van der Waals surface area contributed by atoms with E-state index < -0.39 is 11.9 Å². The van der Waals surface area contributed by atoms with E-state index in [0.29, 0.717) is 16.8 Å². The zero-order chi connectivity index (χ0) is 23.8. The van der Waals surface area contributed by atoms with Gasteiger partial charge in [0.2, 0.25) is 0 Å². The second-order valence-corrected chi connectivity index (χ2v) is 8.32. The molecule has 1 aromatic carbocycles. The second kappa shape index (κ2) is 8.81. The molecule has 4 aromatic heterocycles. The molecule has 0 bridgehead atoms. The van der Waals surface area contributed by atoms with Crippen LogP contribution in [0.15, 0.2) is 71.9 Å².